The Morgan fingerprint density at radius 2 is 1.93 bits per heavy atom. The number of methoxy groups -OCH3 is 1. The second-order valence-electron chi connectivity index (χ2n) is 10.7. The standard InChI is InChI=1S/C29H31ClN8O4S/c1-29(2,3)16-43-15-24(33-26(39)12-7-19-13-20(30)8-11-25(19)38-17-31-36-37-38)23-14-22(27(40)35-34-23)18-5-9-21(10-6-18)32-28(41)42-4/h5-14,17,24H,15-16H2,1-4H3,(H,32,41)(H,33,39)(H,35,40). The van der Waals surface area contributed by atoms with Gasteiger partial charge in [0.25, 0.3) is 5.56 Å². The lowest BCUT2D eigenvalue weighted by atomic mass is 10.0. The maximum absolute atomic E-state index is 13.2. The number of carbonyl (C=O) groups excluding carboxylic acids is 2. The van der Waals surface area contributed by atoms with E-state index in [1.807, 2.05) is 0 Å². The minimum Gasteiger partial charge on any atom is -0.453 e. The molecule has 0 fully saturated rings. The molecule has 4 rings (SSSR count). The van der Waals surface area contributed by atoms with Crippen molar-refractivity contribution in [3.8, 4) is 16.8 Å². The molecule has 0 aliphatic rings. The van der Waals surface area contributed by atoms with Crippen LogP contribution in [0.25, 0.3) is 22.9 Å². The zero-order valence-electron chi connectivity index (χ0n) is 24.0. The van der Waals surface area contributed by atoms with Gasteiger partial charge in [-0.25, -0.2) is 9.89 Å². The van der Waals surface area contributed by atoms with Gasteiger partial charge in [0, 0.05) is 28.1 Å². The monoisotopic (exact) mass is 622 g/mol. The van der Waals surface area contributed by atoms with Gasteiger partial charge < -0.3 is 10.1 Å². The molecule has 224 valence electrons. The van der Waals surface area contributed by atoms with Crippen LogP contribution < -0.4 is 16.2 Å². The smallest absolute Gasteiger partial charge is 0.411 e. The van der Waals surface area contributed by atoms with Gasteiger partial charge in [-0.3, -0.25) is 14.9 Å². The molecule has 3 N–H and O–H groups in total. The molecule has 0 bridgehead atoms. The largest absolute Gasteiger partial charge is 0.453 e. The minimum atomic E-state index is -0.598. The van der Waals surface area contributed by atoms with Crippen LogP contribution in [-0.2, 0) is 9.53 Å². The van der Waals surface area contributed by atoms with E-state index in [2.05, 4.69) is 61.9 Å². The van der Waals surface area contributed by atoms with E-state index in [0.29, 0.717) is 44.5 Å². The number of ether oxygens (including phenoxy) is 1. The lowest BCUT2D eigenvalue weighted by Gasteiger charge is -2.21. The van der Waals surface area contributed by atoms with E-state index in [4.69, 9.17) is 11.6 Å². The molecule has 43 heavy (non-hydrogen) atoms. The van der Waals surface area contributed by atoms with Crippen molar-refractivity contribution in [2.24, 2.45) is 5.41 Å². The van der Waals surface area contributed by atoms with Crippen molar-refractivity contribution in [1.29, 1.82) is 0 Å². The molecule has 0 saturated heterocycles. The molecule has 2 amide bonds. The average Bonchev–Trinajstić information content (AvgIpc) is 3.50. The number of anilines is 1. The Bertz CT molecular complexity index is 1650. The molecule has 0 aliphatic heterocycles. The first-order chi connectivity index (χ1) is 20.5. The van der Waals surface area contributed by atoms with Crippen molar-refractivity contribution in [3.05, 3.63) is 87.6 Å². The summed E-state index contributed by atoms with van der Waals surface area (Å²) in [4.78, 5) is 37.4. The Labute approximate surface area is 257 Å². The molecular weight excluding hydrogens is 592 g/mol. The highest BCUT2D eigenvalue weighted by Crippen LogP contribution is 2.26. The van der Waals surface area contributed by atoms with Gasteiger partial charge in [0.15, 0.2) is 0 Å². The Balaban J connectivity index is 1.59. The van der Waals surface area contributed by atoms with E-state index in [1.165, 1.54) is 24.2 Å². The summed E-state index contributed by atoms with van der Waals surface area (Å²) in [5.74, 6) is 0.999. The Kier molecular flexibility index (Phi) is 10.3. The van der Waals surface area contributed by atoms with Crippen LogP contribution in [0.1, 0.15) is 38.1 Å². The zero-order chi connectivity index (χ0) is 31.0. The van der Waals surface area contributed by atoms with E-state index in [9.17, 15) is 14.4 Å². The second-order valence-corrected chi connectivity index (χ2v) is 12.1. The molecular formula is C29H31ClN8O4S. The third-order valence-electron chi connectivity index (χ3n) is 5.94. The summed E-state index contributed by atoms with van der Waals surface area (Å²) in [7, 11) is 1.28. The number of nitrogens with zero attached hydrogens (tertiary/aromatic N) is 5. The number of tetrazole rings is 1. The highest BCUT2D eigenvalue weighted by atomic mass is 35.5. The first-order valence-electron chi connectivity index (χ1n) is 13.2. The maximum Gasteiger partial charge on any atom is 0.411 e. The molecule has 14 heteroatoms. The molecule has 4 aromatic rings. The molecule has 0 radical (unpaired) electrons. The van der Waals surface area contributed by atoms with Gasteiger partial charge in [-0.2, -0.15) is 21.5 Å². The van der Waals surface area contributed by atoms with Crippen molar-refractivity contribution < 1.29 is 14.3 Å². The summed E-state index contributed by atoms with van der Waals surface area (Å²) in [5.41, 5.74) is 2.96. The van der Waals surface area contributed by atoms with E-state index in [0.717, 1.165) is 5.75 Å². The molecule has 0 saturated carbocycles. The van der Waals surface area contributed by atoms with Crippen LogP contribution in [0.15, 0.2) is 65.7 Å². The van der Waals surface area contributed by atoms with Crippen LogP contribution in [-0.4, -0.2) is 61.0 Å². The summed E-state index contributed by atoms with van der Waals surface area (Å²) in [6, 6.07) is 13.1. The maximum atomic E-state index is 13.2. The highest BCUT2D eigenvalue weighted by molar-refractivity contribution is 7.99. The summed E-state index contributed by atoms with van der Waals surface area (Å²) < 4.78 is 6.09. The van der Waals surface area contributed by atoms with Crippen molar-refractivity contribution in [1.82, 2.24) is 35.7 Å². The first kappa shape index (κ1) is 31.4. The lowest BCUT2D eigenvalue weighted by Crippen LogP contribution is -2.31. The third kappa shape index (κ3) is 9.00. The number of aromatic amines is 1. The molecule has 12 nitrogen and oxygen atoms in total. The topological polar surface area (TPSA) is 157 Å². The Morgan fingerprint density at radius 3 is 2.60 bits per heavy atom. The predicted molar refractivity (Wildman–Crippen MR) is 167 cm³/mol. The summed E-state index contributed by atoms with van der Waals surface area (Å²) in [6.45, 7) is 6.41. The fourth-order valence-corrected chi connectivity index (χ4v) is 5.33. The highest BCUT2D eigenvalue weighted by Gasteiger charge is 2.20. The van der Waals surface area contributed by atoms with Gasteiger partial charge in [-0.15, -0.1) is 5.10 Å². The van der Waals surface area contributed by atoms with Crippen LogP contribution in [0.3, 0.4) is 0 Å². The van der Waals surface area contributed by atoms with Crippen LogP contribution in [0, 0.1) is 5.41 Å². The SMILES string of the molecule is COC(=O)Nc1ccc(-c2cc(C(CSCC(C)(C)C)NC(=O)C=Cc3cc(Cl)ccc3-n3cnnn3)n[nH]c2=O)cc1. The van der Waals surface area contributed by atoms with Crippen molar-refractivity contribution in [2.45, 2.75) is 26.8 Å². The molecule has 1 unspecified atom stereocenters. The molecule has 0 spiro atoms. The number of nitrogens with one attached hydrogen (secondary N) is 3. The second kappa shape index (κ2) is 14.1. The van der Waals surface area contributed by atoms with Crippen LogP contribution >= 0.6 is 23.4 Å². The van der Waals surface area contributed by atoms with Crippen LogP contribution in [0.2, 0.25) is 5.02 Å². The lowest BCUT2D eigenvalue weighted by molar-refractivity contribution is -0.117. The Hall–Kier alpha value is -4.49. The number of thioether (sulfide) groups is 1. The fourth-order valence-electron chi connectivity index (χ4n) is 3.92. The number of aromatic nitrogens is 6. The van der Waals surface area contributed by atoms with E-state index < -0.39 is 12.1 Å². The quantitative estimate of drug-likeness (QED) is 0.209. The molecule has 2 aromatic carbocycles. The summed E-state index contributed by atoms with van der Waals surface area (Å²) in [6.07, 6.45) is 3.89. The number of rotatable bonds is 10. The molecule has 2 heterocycles. The van der Waals surface area contributed by atoms with Gasteiger partial charge in [0.05, 0.1) is 30.1 Å². The third-order valence-corrected chi connectivity index (χ3v) is 7.82. The summed E-state index contributed by atoms with van der Waals surface area (Å²) >= 11 is 7.88. The van der Waals surface area contributed by atoms with E-state index in [-0.39, 0.29) is 16.9 Å². The number of H-pyrrole nitrogens is 1. The number of hydrogen-bond donors (Lipinski definition) is 3. The van der Waals surface area contributed by atoms with Crippen LogP contribution in [0.4, 0.5) is 10.5 Å². The molecule has 1 atom stereocenters. The van der Waals surface area contributed by atoms with Crippen molar-refractivity contribution in [2.75, 3.05) is 23.9 Å². The number of halogens is 1. The number of benzene rings is 2. The molecule has 0 aliphatic carbocycles. The van der Waals surface area contributed by atoms with Gasteiger partial charge >= 0.3 is 6.09 Å². The molecule has 2 aromatic heterocycles. The number of amides is 2. The van der Waals surface area contributed by atoms with Gasteiger partial charge in [0.1, 0.15) is 6.33 Å². The van der Waals surface area contributed by atoms with Crippen molar-refractivity contribution >= 4 is 47.1 Å². The van der Waals surface area contributed by atoms with Gasteiger partial charge in [-0.1, -0.05) is 44.5 Å². The average molecular weight is 623 g/mol. The normalized spacial score (nSPS) is 12.2. The minimum absolute atomic E-state index is 0.0713. The van der Waals surface area contributed by atoms with Gasteiger partial charge in [0.2, 0.25) is 5.91 Å². The van der Waals surface area contributed by atoms with Crippen LogP contribution in [0.5, 0.6) is 0 Å². The van der Waals surface area contributed by atoms with E-state index >= 15 is 0 Å². The van der Waals surface area contributed by atoms with Gasteiger partial charge in [-0.05, 0) is 69.6 Å². The number of hydrogen-bond acceptors (Lipinski definition) is 9. The predicted octanol–water partition coefficient (Wildman–Crippen LogP) is 4.89. The Morgan fingerprint density at radius 1 is 1.16 bits per heavy atom. The van der Waals surface area contributed by atoms with Crippen molar-refractivity contribution in [3.63, 3.8) is 0 Å². The van der Waals surface area contributed by atoms with E-state index in [1.54, 1.807) is 66.4 Å². The number of carbonyl (C=O) groups is 2. The zero-order valence-corrected chi connectivity index (χ0v) is 25.6. The fraction of sp³-hybridized carbons (Fsp3) is 0.276. The first-order valence-corrected chi connectivity index (χ1v) is 14.7. The summed E-state index contributed by atoms with van der Waals surface area (Å²) in [5, 5.41) is 24.2.